The summed E-state index contributed by atoms with van der Waals surface area (Å²) in [5, 5.41) is 2.39. The summed E-state index contributed by atoms with van der Waals surface area (Å²) < 4.78 is 11.5. The molecule has 2 unspecified atom stereocenters. The number of hydrogen-bond donors (Lipinski definition) is 0. The molecule has 6 aromatic rings. The Balaban J connectivity index is 1.18. The van der Waals surface area contributed by atoms with Crippen molar-refractivity contribution < 1.29 is 19.1 Å². The lowest BCUT2D eigenvalue weighted by atomic mass is 10.0. The summed E-state index contributed by atoms with van der Waals surface area (Å²) in [5.41, 5.74) is 3.14. The first-order valence-electron chi connectivity index (χ1n) is 12.5. The second kappa shape index (κ2) is 8.74. The van der Waals surface area contributed by atoms with Crippen molar-refractivity contribution in [2.24, 2.45) is 0 Å². The van der Waals surface area contributed by atoms with Crippen molar-refractivity contribution in [3.05, 3.63) is 129 Å². The summed E-state index contributed by atoms with van der Waals surface area (Å²) >= 11 is 5.11. The maximum atomic E-state index is 12.4. The van der Waals surface area contributed by atoms with Gasteiger partial charge in [0.25, 0.3) is 0 Å². The maximum Gasteiger partial charge on any atom is 0.339 e. The summed E-state index contributed by atoms with van der Waals surface area (Å²) in [4.78, 5) is 31.5. The van der Waals surface area contributed by atoms with Crippen LogP contribution < -0.4 is 0 Å². The van der Waals surface area contributed by atoms with Crippen LogP contribution in [-0.2, 0) is 9.47 Å². The van der Waals surface area contributed by atoms with Gasteiger partial charge in [0.1, 0.15) is 0 Å². The number of carbonyl (C=O) groups is 2. The van der Waals surface area contributed by atoms with Crippen LogP contribution in [-0.4, -0.2) is 11.9 Å². The molecule has 0 spiro atoms. The molecule has 0 N–H and O–H groups in total. The van der Waals surface area contributed by atoms with Gasteiger partial charge in [-0.2, -0.15) is 0 Å². The number of rotatable bonds is 4. The van der Waals surface area contributed by atoms with Crippen LogP contribution in [0.3, 0.4) is 0 Å². The average Bonchev–Trinajstić information content (AvgIpc) is 3.79. The number of ether oxygens (including phenoxy) is 2. The molecule has 5 heterocycles. The fourth-order valence-electron chi connectivity index (χ4n) is 5.40. The van der Waals surface area contributed by atoms with E-state index in [0.29, 0.717) is 11.1 Å². The van der Waals surface area contributed by atoms with Gasteiger partial charge in [0, 0.05) is 31.7 Å². The lowest BCUT2D eigenvalue weighted by molar-refractivity contribution is 0.0451. The first-order valence-corrected chi connectivity index (χ1v) is 14.9. The van der Waals surface area contributed by atoms with Gasteiger partial charge in [-0.3, -0.25) is 0 Å². The van der Waals surface area contributed by atoms with E-state index in [0.717, 1.165) is 30.6 Å². The zero-order valence-corrected chi connectivity index (χ0v) is 22.7. The van der Waals surface area contributed by atoms with E-state index in [9.17, 15) is 9.59 Å². The standard InChI is InChI=1S/C32H18O4S3/c33-31-21-11-5-1-7-17(21)27(35-31)23-13-15-25(37-23)29-19-9-3-4-10-20(19)30(39-29)26-16-14-24(38-26)28-18-8-2-6-12-22(18)32(34)36-28/h1-16,27-28H. The van der Waals surface area contributed by atoms with E-state index >= 15 is 0 Å². The maximum absolute atomic E-state index is 12.4. The zero-order chi connectivity index (χ0) is 26.1. The molecule has 2 aliphatic rings. The molecule has 4 nitrogen and oxygen atoms in total. The highest BCUT2D eigenvalue weighted by Crippen LogP contribution is 2.50. The third kappa shape index (κ3) is 3.54. The number of fused-ring (bicyclic) bond motifs is 3. The van der Waals surface area contributed by atoms with Crippen LogP contribution >= 0.6 is 34.0 Å². The van der Waals surface area contributed by atoms with Crippen LogP contribution in [0, 0.1) is 0 Å². The van der Waals surface area contributed by atoms with Crippen LogP contribution in [0.4, 0.5) is 0 Å². The number of carbonyl (C=O) groups excluding carboxylic acids is 2. The lowest BCUT2D eigenvalue weighted by Gasteiger charge is -2.07. The molecular formula is C32H18O4S3. The molecule has 0 aliphatic carbocycles. The number of cyclic esters (lactones) is 2. The molecule has 0 amide bonds. The predicted octanol–water partition coefficient (Wildman–Crippen LogP) is 8.88. The summed E-state index contributed by atoms with van der Waals surface area (Å²) in [7, 11) is 0. The van der Waals surface area contributed by atoms with Crippen LogP contribution in [0.5, 0.6) is 0 Å². The molecule has 39 heavy (non-hydrogen) atoms. The highest BCUT2D eigenvalue weighted by molar-refractivity contribution is 7.28. The minimum atomic E-state index is -0.366. The summed E-state index contributed by atoms with van der Waals surface area (Å²) in [6.07, 6.45) is -0.731. The van der Waals surface area contributed by atoms with Crippen molar-refractivity contribution in [3.63, 3.8) is 0 Å². The summed E-state index contributed by atoms with van der Waals surface area (Å²) in [5.74, 6) is -0.531. The third-order valence-corrected chi connectivity index (χ3v) is 11.1. The van der Waals surface area contributed by atoms with Gasteiger partial charge in [-0.05, 0) is 36.4 Å². The molecule has 8 rings (SSSR count). The topological polar surface area (TPSA) is 52.6 Å². The number of thiophene rings is 3. The molecule has 0 fully saturated rings. The van der Waals surface area contributed by atoms with E-state index < -0.39 is 0 Å². The Bertz CT molecular complexity index is 1800. The van der Waals surface area contributed by atoms with E-state index in [1.54, 1.807) is 34.0 Å². The van der Waals surface area contributed by atoms with Crippen LogP contribution in [0.1, 0.15) is 53.8 Å². The van der Waals surface area contributed by atoms with E-state index in [2.05, 4.69) is 48.5 Å². The van der Waals surface area contributed by atoms with Crippen molar-refractivity contribution in [2.45, 2.75) is 12.2 Å². The van der Waals surface area contributed by atoms with Gasteiger partial charge < -0.3 is 9.47 Å². The summed E-state index contributed by atoms with van der Waals surface area (Å²) in [6, 6.07) is 32.1. The van der Waals surface area contributed by atoms with Gasteiger partial charge in [-0.15, -0.1) is 34.0 Å². The molecule has 2 aliphatic heterocycles. The van der Waals surface area contributed by atoms with Gasteiger partial charge >= 0.3 is 11.9 Å². The molecule has 3 aromatic heterocycles. The number of hydrogen-bond acceptors (Lipinski definition) is 7. The minimum Gasteiger partial charge on any atom is -0.448 e. The van der Waals surface area contributed by atoms with E-state index in [4.69, 9.17) is 9.47 Å². The first-order chi connectivity index (χ1) is 19.2. The third-order valence-electron chi connectivity index (χ3n) is 7.21. The van der Waals surface area contributed by atoms with Crippen molar-refractivity contribution in [3.8, 4) is 19.5 Å². The minimum absolute atomic E-state index is 0.265. The molecule has 0 bridgehead atoms. The Hall–Kier alpha value is -4.04. The molecular weight excluding hydrogens is 545 g/mol. The van der Waals surface area contributed by atoms with Gasteiger partial charge in [-0.25, -0.2) is 9.59 Å². The van der Waals surface area contributed by atoms with Crippen molar-refractivity contribution in [1.82, 2.24) is 0 Å². The van der Waals surface area contributed by atoms with Crippen molar-refractivity contribution in [1.29, 1.82) is 0 Å². The second-order valence-corrected chi connectivity index (χ2v) is 12.7. The van der Waals surface area contributed by atoms with Gasteiger partial charge in [0.15, 0.2) is 12.2 Å². The Morgan fingerprint density at radius 1 is 0.487 bits per heavy atom. The molecule has 0 saturated heterocycles. The fraction of sp³-hybridized carbons (Fsp3) is 0.0625. The number of esters is 2. The van der Waals surface area contributed by atoms with Gasteiger partial charge in [0.2, 0.25) is 0 Å². The lowest BCUT2D eigenvalue weighted by Crippen LogP contribution is -1.97. The monoisotopic (exact) mass is 562 g/mol. The highest BCUT2D eigenvalue weighted by Gasteiger charge is 2.34. The van der Waals surface area contributed by atoms with Gasteiger partial charge in [0.05, 0.1) is 30.6 Å². The Morgan fingerprint density at radius 3 is 1.41 bits per heavy atom. The van der Waals surface area contributed by atoms with Crippen LogP contribution in [0.2, 0.25) is 0 Å². The second-order valence-electron chi connectivity index (χ2n) is 9.46. The Labute approximate surface area is 235 Å². The Kier molecular flexibility index (Phi) is 5.13. The van der Waals surface area contributed by atoms with E-state index in [-0.39, 0.29) is 24.1 Å². The molecule has 0 radical (unpaired) electrons. The van der Waals surface area contributed by atoms with Gasteiger partial charge in [-0.1, -0.05) is 60.7 Å². The smallest absolute Gasteiger partial charge is 0.339 e. The quantitative estimate of drug-likeness (QED) is 0.201. The molecule has 2 atom stereocenters. The average molecular weight is 563 g/mol. The molecule has 3 aromatic carbocycles. The Morgan fingerprint density at radius 2 is 0.923 bits per heavy atom. The fourth-order valence-corrected chi connectivity index (χ4v) is 9.04. The zero-order valence-electron chi connectivity index (χ0n) is 20.3. The van der Waals surface area contributed by atoms with Crippen LogP contribution in [0.15, 0.2) is 97.1 Å². The summed E-state index contributed by atoms with van der Waals surface area (Å²) in [6.45, 7) is 0. The molecule has 7 heteroatoms. The normalized spacial score (nSPS) is 17.7. The van der Waals surface area contributed by atoms with Crippen molar-refractivity contribution >= 4 is 56.7 Å². The van der Waals surface area contributed by atoms with E-state index in [1.165, 1.54) is 20.5 Å². The predicted molar refractivity (Wildman–Crippen MR) is 156 cm³/mol. The highest BCUT2D eigenvalue weighted by atomic mass is 32.1. The number of benzene rings is 3. The van der Waals surface area contributed by atoms with Crippen LogP contribution in [0.25, 0.3) is 30.3 Å². The van der Waals surface area contributed by atoms with E-state index in [1.807, 2.05) is 48.5 Å². The van der Waals surface area contributed by atoms with Crippen molar-refractivity contribution in [2.75, 3.05) is 0 Å². The largest absolute Gasteiger partial charge is 0.448 e. The first kappa shape index (κ1) is 22.9. The molecule has 188 valence electrons. The SMILES string of the molecule is O=C1OC(c2ccc(-c3sc(-c4ccc(C5OC(=O)c6ccccc65)s4)c4ccccc34)s2)c2ccccc21. The molecule has 0 saturated carbocycles.